The van der Waals surface area contributed by atoms with Crippen LogP contribution < -0.4 is 9.47 Å². The Bertz CT molecular complexity index is 1500. The van der Waals surface area contributed by atoms with Crippen LogP contribution >= 0.6 is 0 Å². The number of aromatic nitrogens is 2. The van der Waals surface area contributed by atoms with Crippen LogP contribution in [0.2, 0.25) is 0 Å². The second kappa shape index (κ2) is 10.1. The topological polar surface area (TPSA) is 104 Å². The number of alkyl halides is 3. The Morgan fingerprint density at radius 3 is 2.30 bits per heavy atom. The molecular formula is C27H19F3N4O3. The number of aryl methyl sites for hydroxylation is 1. The highest BCUT2D eigenvalue weighted by Crippen LogP contribution is 2.37. The summed E-state index contributed by atoms with van der Waals surface area (Å²) >= 11 is 0. The van der Waals surface area contributed by atoms with Gasteiger partial charge >= 0.3 is 6.36 Å². The lowest BCUT2D eigenvalue weighted by Gasteiger charge is -2.29. The largest absolute Gasteiger partial charge is 0.573 e. The Hall–Kier alpha value is -4.80. The van der Waals surface area contributed by atoms with E-state index in [2.05, 4.69) is 9.72 Å². The van der Waals surface area contributed by atoms with Gasteiger partial charge in [-0.3, -0.25) is 0 Å². The summed E-state index contributed by atoms with van der Waals surface area (Å²) in [5, 5.41) is 30.3. The number of nitriles is 2. The summed E-state index contributed by atoms with van der Waals surface area (Å²) in [5.41, 5.74) is 0.464. The monoisotopic (exact) mass is 504 g/mol. The number of aliphatic hydroxyl groups is 1. The minimum atomic E-state index is -4.87. The molecule has 10 heteroatoms. The van der Waals surface area contributed by atoms with E-state index >= 15 is 0 Å². The van der Waals surface area contributed by atoms with E-state index in [-0.39, 0.29) is 17.9 Å². The molecule has 1 N–H and O–H groups in total. The number of ether oxygens (including phenoxy) is 2. The second-order valence-electron chi connectivity index (χ2n) is 8.13. The van der Waals surface area contributed by atoms with Gasteiger partial charge < -0.3 is 19.1 Å². The molecule has 1 unspecified atom stereocenters. The SMILES string of the molecule is Cn1cncc1C(O)(COc1ccc(C#N)cc1-c1cccc(OC(F)(F)F)c1)c1ccc(C#N)cc1. The molecule has 0 fully saturated rings. The van der Waals surface area contributed by atoms with Crippen LogP contribution in [0, 0.1) is 22.7 Å². The van der Waals surface area contributed by atoms with Gasteiger partial charge in [-0.25, -0.2) is 4.98 Å². The van der Waals surface area contributed by atoms with Gasteiger partial charge in [0.05, 0.1) is 41.5 Å². The molecule has 0 aliphatic carbocycles. The maximum absolute atomic E-state index is 12.8. The summed E-state index contributed by atoms with van der Waals surface area (Å²) in [6.45, 7) is -0.309. The standard InChI is InChI=1S/C27H19F3N4O3/c1-34-17-33-15-25(34)26(35,21-8-5-18(13-31)6-9-21)16-36-24-10-7-19(14-32)11-23(24)20-3-2-4-22(12-20)37-27(28,29)30/h2-12,15,17,35H,16H2,1H3. The molecular weight excluding hydrogens is 485 g/mol. The first-order chi connectivity index (χ1) is 17.6. The van der Waals surface area contributed by atoms with E-state index in [1.807, 2.05) is 12.1 Å². The zero-order valence-corrected chi connectivity index (χ0v) is 19.4. The summed E-state index contributed by atoms with van der Waals surface area (Å²) in [4.78, 5) is 4.08. The molecule has 0 bridgehead atoms. The summed E-state index contributed by atoms with van der Waals surface area (Å²) in [6.07, 6.45) is -1.87. The number of benzene rings is 3. The predicted molar refractivity (Wildman–Crippen MR) is 126 cm³/mol. The molecule has 0 saturated heterocycles. The van der Waals surface area contributed by atoms with Gasteiger partial charge in [0.2, 0.25) is 0 Å². The molecule has 4 rings (SSSR count). The minimum absolute atomic E-state index is 0.220. The van der Waals surface area contributed by atoms with Crippen LogP contribution in [0.4, 0.5) is 13.2 Å². The summed E-state index contributed by atoms with van der Waals surface area (Å²) in [6, 6.07) is 20.2. The van der Waals surface area contributed by atoms with E-state index in [4.69, 9.17) is 10.00 Å². The number of halogens is 3. The Labute approximate surface area is 210 Å². The molecule has 37 heavy (non-hydrogen) atoms. The van der Waals surface area contributed by atoms with Gasteiger partial charge in [0.15, 0.2) is 5.60 Å². The van der Waals surface area contributed by atoms with Crippen LogP contribution in [0.25, 0.3) is 11.1 Å². The first-order valence-corrected chi connectivity index (χ1v) is 10.9. The van der Waals surface area contributed by atoms with Crippen molar-refractivity contribution in [2.24, 2.45) is 7.05 Å². The minimum Gasteiger partial charge on any atom is -0.489 e. The molecule has 7 nitrogen and oxygen atoms in total. The number of imidazole rings is 1. The fourth-order valence-electron chi connectivity index (χ4n) is 3.88. The lowest BCUT2D eigenvalue weighted by Crippen LogP contribution is -2.36. The Morgan fingerprint density at radius 2 is 1.68 bits per heavy atom. The highest BCUT2D eigenvalue weighted by molar-refractivity contribution is 5.73. The first-order valence-electron chi connectivity index (χ1n) is 10.9. The van der Waals surface area contributed by atoms with Gasteiger partial charge in [0.25, 0.3) is 0 Å². The molecule has 0 aliphatic heterocycles. The molecule has 4 aromatic rings. The van der Waals surface area contributed by atoms with Crippen molar-refractivity contribution in [1.82, 2.24) is 9.55 Å². The van der Waals surface area contributed by atoms with Gasteiger partial charge in [-0.15, -0.1) is 13.2 Å². The van der Waals surface area contributed by atoms with E-state index in [0.29, 0.717) is 27.9 Å². The highest BCUT2D eigenvalue weighted by Gasteiger charge is 2.36. The zero-order valence-electron chi connectivity index (χ0n) is 19.4. The number of hydrogen-bond donors (Lipinski definition) is 1. The summed E-state index contributed by atoms with van der Waals surface area (Å²) in [7, 11) is 1.70. The molecule has 0 radical (unpaired) electrons. The van der Waals surface area contributed by atoms with Crippen LogP contribution in [0.1, 0.15) is 22.4 Å². The molecule has 3 aromatic carbocycles. The van der Waals surface area contributed by atoms with Crippen molar-refractivity contribution in [3.05, 3.63) is 102 Å². The first kappa shape index (κ1) is 25.3. The van der Waals surface area contributed by atoms with Crippen molar-refractivity contribution in [2.45, 2.75) is 12.0 Å². The third kappa shape index (κ3) is 5.56. The molecule has 0 aliphatic rings. The molecule has 0 saturated carbocycles. The van der Waals surface area contributed by atoms with Crippen LogP contribution in [0.5, 0.6) is 11.5 Å². The van der Waals surface area contributed by atoms with Crippen molar-refractivity contribution >= 4 is 0 Å². The van der Waals surface area contributed by atoms with Gasteiger partial charge in [-0.1, -0.05) is 24.3 Å². The normalized spacial score (nSPS) is 12.7. The molecule has 0 spiro atoms. The predicted octanol–water partition coefficient (Wildman–Crippen LogP) is 5.04. The summed E-state index contributed by atoms with van der Waals surface area (Å²) in [5.74, 6) is -0.209. The molecule has 186 valence electrons. The van der Waals surface area contributed by atoms with Gasteiger partial charge in [-0.2, -0.15) is 10.5 Å². The van der Waals surface area contributed by atoms with Crippen molar-refractivity contribution in [3.63, 3.8) is 0 Å². The molecule has 0 amide bonds. The molecule has 1 heterocycles. The summed E-state index contributed by atoms with van der Waals surface area (Å²) < 4.78 is 50.0. The molecule has 1 aromatic heterocycles. The fraction of sp³-hybridized carbons (Fsp3) is 0.148. The average Bonchev–Trinajstić information content (AvgIpc) is 3.33. The van der Waals surface area contributed by atoms with Crippen molar-refractivity contribution < 1.29 is 27.8 Å². The van der Waals surface area contributed by atoms with Gasteiger partial charge in [0, 0.05) is 12.6 Å². The van der Waals surface area contributed by atoms with Crippen LogP contribution in [-0.4, -0.2) is 27.6 Å². The van der Waals surface area contributed by atoms with Gasteiger partial charge in [-0.05, 0) is 53.6 Å². The lowest BCUT2D eigenvalue weighted by atomic mass is 9.90. The van der Waals surface area contributed by atoms with Crippen molar-refractivity contribution in [2.75, 3.05) is 6.61 Å². The Balaban J connectivity index is 1.74. The Morgan fingerprint density at radius 1 is 0.973 bits per heavy atom. The number of hydrogen-bond acceptors (Lipinski definition) is 6. The van der Waals surface area contributed by atoms with Crippen LogP contribution in [0.3, 0.4) is 0 Å². The zero-order chi connectivity index (χ0) is 26.6. The average molecular weight is 504 g/mol. The lowest BCUT2D eigenvalue weighted by molar-refractivity contribution is -0.274. The third-order valence-corrected chi connectivity index (χ3v) is 5.66. The number of rotatable bonds is 7. The molecule has 1 atom stereocenters. The van der Waals surface area contributed by atoms with E-state index in [9.17, 15) is 23.5 Å². The fourth-order valence-corrected chi connectivity index (χ4v) is 3.88. The Kier molecular flexibility index (Phi) is 6.87. The van der Waals surface area contributed by atoms with Gasteiger partial charge in [0.1, 0.15) is 18.1 Å². The highest BCUT2D eigenvalue weighted by atomic mass is 19.4. The van der Waals surface area contributed by atoms with Crippen LogP contribution in [-0.2, 0) is 12.6 Å². The van der Waals surface area contributed by atoms with E-state index in [0.717, 1.165) is 6.07 Å². The van der Waals surface area contributed by atoms with E-state index in [1.54, 1.807) is 41.9 Å². The quantitative estimate of drug-likeness (QED) is 0.378. The van der Waals surface area contributed by atoms with E-state index in [1.165, 1.54) is 42.9 Å². The smallest absolute Gasteiger partial charge is 0.489 e. The number of nitrogens with zero attached hydrogens (tertiary/aromatic N) is 4. The van der Waals surface area contributed by atoms with E-state index < -0.39 is 17.7 Å². The maximum Gasteiger partial charge on any atom is 0.573 e. The van der Waals surface area contributed by atoms with Crippen molar-refractivity contribution in [1.29, 1.82) is 10.5 Å². The third-order valence-electron chi connectivity index (χ3n) is 5.66. The second-order valence-corrected chi connectivity index (χ2v) is 8.13. The van der Waals surface area contributed by atoms with Crippen molar-refractivity contribution in [3.8, 4) is 34.8 Å². The van der Waals surface area contributed by atoms with Crippen LogP contribution in [0.15, 0.2) is 79.3 Å². The maximum atomic E-state index is 12.8.